The molecule has 5 nitrogen and oxygen atoms in total. The zero-order valence-corrected chi connectivity index (χ0v) is 17.3. The minimum atomic E-state index is 0.00838. The lowest BCUT2D eigenvalue weighted by Gasteiger charge is -2.35. The van der Waals surface area contributed by atoms with Crippen LogP contribution < -0.4 is 10.5 Å². The van der Waals surface area contributed by atoms with Gasteiger partial charge in [0.15, 0.2) is 0 Å². The lowest BCUT2D eigenvalue weighted by Crippen LogP contribution is -2.47. The van der Waals surface area contributed by atoms with Gasteiger partial charge in [0.1, 0.15) is 5.82 Å². The number of aryl methyl sites for hydroxylation is 1. The van der Waals surface area contributed by atoms with Gasteiger partial charge in [-0.05, 0) is 54.0 Å². The van der Waals surface area contributed by atoms with Crippen LogP contribution in [0.15, 0.2) is 53.3 Å². The lowest BCUT2D eigenvalue weighted by molar-refractivity contribution is 0.261. The Kier molecular flexibility index (Phi) is 4.81. The highest BCUT2D eigenvalue weighted by atomic mass is 32.1. The molecular weight excluding hydrogens is 380 g/mol. The fraction of sp³-hybridized carbons (Fsp3) is 0.304. The number of nitrogens with one attached hydrogen (secondary N) is 1. The van der Waals surface area contributed by atoms with E-state index < -0.39 is 0 Å². The van der Waals surface area contributed by atoms with E-state index in [1.807, 2.05) is 13.0 Å². The molecule has 0 amide bonds. The van der Waals surface area contributed by atoms with Crippen molar-refractivity contribution < 1.29 is 0 Å². The van der Waals surface area contributed by atoms with Crippen molar-refractivity contribution in [3.05, 3.63) is 70.0 Å². The number of hydrogen-bond acceptors (Lipinski definition) is 5. The van der Waals surface area contributed by atoms with Crippen molar-refractivity contribution in [2.24, 2.45) is 0 Å². The Morgan fingerprint density at radius 2 is 1.90 bits per heavy atom. The number of benzene rings is 2. The molecule has 0 saturated carbocycles. The topological polar surface area (TPSA) is 52.2 Å². The van der Waals surface area contributed by atoms with Gasteiger partial charge in [0.05, 0.1) is 10.2 Å². The summed E-state index contributed by atoms with van der Waals surface area (Å²) in [5.74, 6) is 1.13. The Balaban J connectivity index is 1.25. The van der Waals surface area contributed by atoms with Crippen LogP contribution in [-0.4, -0.2) is 47.0 Å². The first-order chi connectivity index (χ1) is 14.2. The lowest BCUT2D eigenvalue weighted by atomic mass is 10.1. The van der Waals surface area contributed by atoms with Crippen molar-refractivity contribution in [2.45, 2.75) is 13.3 Å². The Hall–Kier alpha value is -2.70. The van der Waals surface area contributed by atoms with Crippen molar-refractivity contribution in [2.75, 3.05) is 37.6 Å². The molecule has 0 spiro atoms. The molecule has 1 aliphatic rings. The van der Waals surface area contributed by atoms with E-state index in [9.17, 15) is 4.79 Å². The molecule has 1 aliphatic heterocycles. The minimum Gasteiger partial charge on any atom is -0.353 e. The highest BCUT2D eigenvalue weighted by Crippen LogP contribution is 2.29. The van der Waals surface area contributed by atoms with Gasteiger partial charge in [0.2, 0.25) is 0 Å². The molecule has 0 atom stereocenters. The Bertz CT molecular complexity index is 1220. The number of rotatable bonds is 4. The number of fused-ring (bicyclic) bond motifs is 2. The number of H-pyrrole nitrogens is 1. The van der Waals surface area contributed by atoms with Crippen LogP contribution in [0.4, 0.5) is 5.82 Å². The summed E-state index contributed by atoms with van der Waals surface area (Å²) >= 11 is 1.58. The van der Waals surface area contributed by atoms with E-state index in [2.05, 4.69) is 57.2 Å². The summed E-state index contributed by atoms with van der Waals surface area (Å²) in [6, 6.07) is 16.7. The van der Waals surface area contributed by atoms with Crippen LogP contribution in [-0.2, 0) is 6.42 Å². The molecule has 6 heteroatoms. The molecule has 0 radical (unpaired) electrons. The maximum atomic E-state index is 12.1. The summed E-state index contributed by atoms with van der Waals surface area (Å²) in [5, 5.41) is 2.38. The fourth-order valence-electron chi connectivity index (χ4n) is 4.17. The predicted molar refractivity (Wildman–Crippen MR) is 121 cm³/mol. The monoisotopic (exact) mass is 404 g/mol. The van der Waals surface area contributed by atoms with Gasteiger partial charge in [0.25, 0.3) is 5.56 Å². The van der Waals surface area contributed by atoms with E-state index in [1.165, 1.54) is 15.6 Å². The number of para-hydroxylation sites is 1. The molecule has 29 heavy (non-hydrogen) atoms. The second-order valence-electron chi connectivity index (χ2n) is 7.74. The number of aromatic nitrogens is 2. The first kappa shape index (κ1) is 18.3. The van der Waals surface area contributed by atoms with Crippen LogP contribution in [0.5, 0.6) is 0 Å². The highest BCUT2D eigenvalue weighted by molar-refractivity contribution is 7.13. The second-order valence-corrected chi connectivity index (χ2v) is 8.55. The Morgan fingerprint density at radius 3 is 2.76 bits per heavy atom. The molecule has 148 valence electrons. The molecule has 2 aromatic heterocycles. The normalized spacial score (nSPS) is 15.4. The van der Waals surface area contributed by atoms with Crippen LogP contribution in [0.25, 0.3) is 21.0 Å². The molecule has 4 aromatic rings. The fourth-order valence-corrected chi connectivity index (χ4v) is 4.97. The smallest absolute Gasteiger partial charge is 0.251 e. The van der Waals surface area contributed by atoms with Crippen molar-refractivity contribution in [3.8, 4) is 0 Å². The number of hydrogen-bond donors (Lipinski definition) is 1. The van der Waals surface area contributed by atoms with E-state index in [4.69, 9.17) is 4.37 Å². The highest BCUT2D eigenvalue weighted by Gasteiger charge is 2.20. The van der Waals surface area contributed by atoms with Gasteiger partial charge in [-0.1, -0.05) is 30.3 Å². The van der Waals surface area contributed by atoms with Gasteiger partial charge in [-0.3, -0.25) is 9.69 Å². The molecule has 1 fully saturated rings. The second kappa shape index (κ2) is 7.61. The summed E-state index contributed by atoms with van der Waals surface area (Å²) in [4.78, 5) is 20.0. The van der Waals surface area contributed by atoms with Gasteiger partial charge in [-0.25, -0.2) is 0 Å². The summed E-state index contributed by atoms with van der Waals surface area (Å²) < 4.78 is 5.96. The van der Waals surface area contributed by atoms with E-state index in [0.29, 0.717) is 0 Å². The van der Waals surface area contributed by atoms with Crippen molar-refractivity contribution >= 4 is 38.3 Å². The van der Waals surface area contributed by atoms with Crippen molar-refractivity contribution in [1.82, 2.24) is 14.3 Å². The van der Waals surface area contributed by atoms with Gasteiger partial charge >= 0.3 is 0 Å². The van der Waals surface area contributed by atoms with Crippen LogP contribution >= 0.6 is 11.5 Å². The average molecular weight is 405 g/mol. The van der Waals surface area contributed by atoms with Crippen LogP contribution in [0.2, 0.25) is 0 Å². The third kappa shape index (κ3) is 3.54. The zero-order valence-electron chi connectivity index (χ0n) is 16.5. The van der Waals surface area contributed by atoms with Crippen LogP contribution in [0.3, 0.4) is 0 Å². The third-order valence-electron chi connectivity index (χ3n) is 5.88. The zero-order chi connectivity index (χ0) is 19.8. The minimum absolute atomic E-state index is 0.00838. The molecule has 1 saturated heterocycles. The Labute approximate surface area is 173 Å². The van der Waals surface area contributed by atoms with Crippen LogP contribution in [0.1, 0.15) is 11.1 Å². The first-order valence-corrected chi connectivity index (χ1v) is 10.9. The average Bonchev–Trinajstić information content (AvgIpc) is 3.18. The molecular formula is C23H24N4OS. The number of aromatic amines is 1. The van der Waals surface area contributed by atoms with E-state index in [-0.39, 0.29) is 5.56 Å². The van der Waals surface area contributed by atoms with Crippen molar-refractivity contribution in [3.63, 3.8) is 0 Å². The molecule has 5 rings (SSSR count). The van der Waals surface area contributed by atoms with Gasteiger partial charge in [-0.2, -0.15) is 4.37 Å². The largest absolute Gasteiger partial charge is 0.353 e. The standard InChI is InChI=1S/C23H24N4OS/c1-16-15-18-6-4-5-17(21(18)24-23(16)28)9-10-26-11-13-27(14-12-26)22-19-7-2-3-8-20(19)29-25-22/h2-8,15H,9-14H2,1H3,(H,24,28). The maximum absolute atomic E-state index is 12.1. The quantitative estimate of drug-likeness (QED) is 0.562. The summed E-state index contributed by atoms with van der Waals surface area (Å²) in [7, 11) is 0. The number of nitrogens with zero attached hydrogens (tertiary/aromatic N) is 3. The van der Waals surface area contributed by atoms with E-state index >= 15 is 0 Å². The van der Waals surface area contributed by atoms with Crippen molar-refractivity contribution in [1.29, 1.82) is 0 Å². The number of anilines is 1. The van der Waals surface area contributed by atoms with Crippen LogP contribution in [0, 0.1) is 6.92 Å². The summed E-state index contributed by atoms with van der Waals surface area (Å²) in [6.07, 6.45) is 0.940. The molecule has 0 bridgehead atoms. The van der Waals surface area contributed by atoms with Gasteiger partial charge in [0, 0.05) is 43.7 Å². The number of piperazine rings is 1. The maximum Gasteiger partial charge on any atom is 0.251 e. The first-order valence-electron chi connectivity index (χ1n) is 10.1. The molecule has 1 N–H and O–H groups in total. The summed E-state index contributed by atoms with van der Waals surface area (Å²) in [5.41, 5.74) is 2.97. The van der Waals surface area contributed by atoms with Gasteiger partial charge in [-0.15, -0.1) is 0 Å². The molecule has 2 aromatic carbocycles. The summed E-state index contributed by atoms with van der Waals surface area (Å²) in [6.45, 7) is 6.92. The number of pyridine rings is 1. The predicted octanol–water partition coefficient (Wildman–Crippen LogP) is 3.81. The molecule has 0 aliphatic carbocycles. The van der Waals surface area contributed by atoms with E-state index in [0.717, 1.165) is 61.4 Å². The van der Waals surface area contributed by atoms with E-state index in [1.54, 1.807) is 11.5 Å². The Morgan fingerprint density at radius 1 is 1.07 bits per heavy atom. The van der Waals surface area contributed by atoms with Gasteiger partial charge < -0.3 is 9.88 Å². The third-order valence-corrected chi connectivity index (χ3v) is 6.70. The SMILES string of the molecule is Cc1cc2cccc(CCN3CCN(c4nsc5ccccc45)CC3)c2[nH]c1=O. The molecule has 3 heterocycles. The molecule has 0 unspecified atom stereocenters.